The minimum Gasteiger partial charge on any atom is -0.383 e. The van der Waals surface area contributed by atoms with Gasteiger partial charge in [-0.05, 0) is 18.4 Å². The first-order valence-corrected chi connectivity index (χ1v) is 8.13. The summed E-state index contributed by atoms with van der Waals surface area (Å²) >= 11 is 2.79. The summed E-state index contributed by atoms with van der Waals surface area (Å²) in [6.07, 6.45) is 0. The van der Waals surface area contributed by atoms with Crippen LogP contribution in [0.25, 0.3) is 10.7 Å². The number of hydrogen-bond acceptors (Lipinski definition) is 7. The van der Waals surface area contributed by atoms with Crippen molar-refractivity contribution in [1.29, 1.82) is 0 Å². The molecule has 0 spiro atoms. The molecule has 2 heterocycles. The maximum atomic E-state index is 11.8. The highest BCUT2D eigenvalue weighted by Gasteiger charge is 2.15. The Balaban J connectivity index is 1.91. The molecule has 21 heavy (non-hydrogen) atoms. The van der Waals surface area contributed by atoms with E-state index in [1.165, 1.54) is 27.8 Å². The van der Waals surface area contributed by atoms with E-state index in [0.29, 0.717) is 17.6 Å². The predicted molar refractivity (Wildman–Crippen MR) is 83.7 cm³/mol. The van der Waals surface area contributed by atoms with Gasteiger partial charge in [-0.25, -0.2) is 4.68 Å². The molecular weight excluding hydrogens is 310 g/mol. The number of methoxy groups -OCH3 is 1. The Morgan fingerprint density at radius 2 is 2.43 bits per heavy atom. The number of ether oxygens (including phenoxy) is 1. The maximum absolute atomic E-state index is 11.8. The van der Waals surface area contributed by atoms with Gasteiger partial charge in [0.15, 0.2) is 5.82 Å². The van der Waals surface area contributed by atoms with Crippen LogP contribution in [0.3, 0.4) is 0 Å². The number of thioether (sulfide) groups is 1. The molecule has 1 amide bonds. The maximum Gasteiger partial charge on any atom is 0.230 e. The summed E-state index contributed by atoms with van der Waals surface area (Å²) in [5.74, 6) is 6.69. The number of nitrogens with one attached hydrogen (secondary N) is 1. The molecule has 0 bridgehead atoms. The minimum atomic E-state index is -0.0924. The van der Waals surface area contributed by atoms with Gasteiger partial charge in [0.05, 0.1) is 17.2 Å². The van der Waals surface area contributed by atoms with Crippen LogP contribution < -0.4 is 11.2 Å². The highest BCUT2D eigenvalue weighted by Crippen LogP contribution is 2.24. The highest BCUT2D eigenvalue weighted by atomic mass is 32.2. The first-order chi connectivity index (χ1) is 10.1. The molecule has 0 fully saturated rings. The standard InChI is InChI=1S/C12H17N5O2S2/c1-8(6-19-2)14-10(18)7-21-12-16-15-11(17(12)13)9-4-3-5-20-9/h3-5,8H,6-7,13H2,1-2H3,(H,14,18)/t8-/m0/s1. The molecule has 0 aliphatic heterocycles. The van der Waals surface area contributed by atoms with Crippen molar-refractivity contribution in [3.05, 3.63) is 17.5 Å². The molecule has 2 aromatic heterocycles. The second-order valence-electron chi connectivity index (χ2n) is 4.37. The van der Waals surface area contributed by atoms with E-state index < -0.39 is 0 Å². The molecule has 0 aliphatic rings. The van der Waals surface area contributed by atoms with Gasteiger partial charge in [-0.3, -0.25) is 4.79 Å². The molecule has 0 aliphatic carbocycles. The van der Waals surface area contributed by atoms with Crippen molar-refractivity contribution in [1.82, 2.24) is 20.2 Å². The van der Waals surface area contributed by atoms with Crippen molar-refractivity contribution in [3.63, 3.8) is 0 Å². The Labute approximate surface area is 130 Å². The number of hydrogen-bond donors (Lipinski definition) is 2. The third-order valence-corrected chi connectivity index (χ3v) is 4.37. The van der Waals surface area contributed by atoms with E-state index in [2.05, 4.69) is 15.5 Å². The molecule has 114 valence electrons. The quantitative estimate of drug-likeness (QED) is 0.581. The van der Waals surface area contributed by atoms with Crippen LogP contribution in [-0.2, 0) is 9.53 Å². The van der Waals surface area contributed by atoms with E-state index in [1.54, 1.807) is 7.11 Å². The molecule has 7 nitrogen and oxygen atoms in total. The van der Waals surface area contributed by atoms with Crippen molar-refractivity contribution >= 4 is 29.0 Å². The number of carbonyl (C=O) groups excluding carboxylic acids is 1. The highest BCUT2D eigenvalue weighted by molar-refractivity contribution is 7.99. The molecule has 0 unspecified atom stereocenters. The molecule has 0 aromatic carbocycles. The van der Waals surface area contributed by atoms with Crippen LogP contribution in [0.1, 0.15) is 6.92 Å². The van der Waals surface area contributed by atoms with Gasteiger partial charge in [-0.1, -0.05) is 17.8 Å². The van der Waals surface area contributed by atoms with E-state index in [0.717, 1.165) is 4.88 Å². The number of carbonyl (C=O) groups is 1. The molecule has 0 saturated heterocycles. The molecule has 0 saturated carbocycles. The van der Waals surface area contributed by atoms with E-state index in [9.17, 15) is 4.79 Å². The zero-order valence-electron chi connectivity index (χ0n) is 11.8. The average molecular weight is 327 g/mol. The van der Waals surface area contributed by atoms with Crippen molar-refractivity contribution in [2.75, 3.05) is 25.3 Å². The summed E-state index contributed by atoms with van der Waals surface area (Å²) in [7, 11) is 1.60. The molecule has 9 heteroatoms. The predicted octanol–water partition coefficient (Wildman–Crippen LogP) is 0.964. The summed E-state index contributed by atoms with van der Waals surface area (Å²) in [6, 6.07) is 3.82. The fourth-order valence-electron chi connectivity index (χ4n) is 1.69. The lowest BCUT2D eigenvalue weighted by Crippen LogP contribution is -2.36. The Hall–Kier alpha value is -1.58. The summed E-state index contributed by atoms with van der Waals surface area (Å²) in [5, 5.41) is 13.3. The first-order valence-electron chi connectivity index (χ1n) is 6.27. The normalized spacial score (nSPS) is 12.3. The van der Waals surface area contributed by atoms with Crippen LogP contribution in [0, 0.1) is 0 Å². The fourth-order valence-corrected chi connectivity index (χ4v) is 3.06. The number of nitrogen functional groups attached to an aromatic ring is 1. The van der Waals surface area contributed by atoms with Crippen LogP contribution in [0.15, 0.2) is 22.7 Å². The average Bonchev–Trinajstić information content (AvgIpc) is 3.06. The van der Waals surface area contributed by atoms with E-state index in [4.69, 9.17) is 10.6 Å². The lowest BCUT2D eigenvalue weighted by atomic mass is 10.3. The SMILES string of the molecule is COC[C@H](C)NC(=O)CSc1nnc(-c2cccs2)n1N. The largest absolute Gasteiger partial charge is 0.383 e. The molecule has 2 rings (SSSR count). The zero-order valence-corrected chi connectivity index (χ0v) is 13.4. The second-order valence-corrected chi connectivity index (χ2v) is 6.26. The van der Waals surface area contributed by atoms with Gasteiger partial charge in [0.25, 0.3) is 0 Å². The van der Waals surface area contributed by atoms with Crippen LogP contribution in [-0.4, -0.2) is 46.3 Å². The Morgan fingerprint density at radius 3 is 3.10 bits per heavy atom. The number of nitrogens with two attached hydrogens (primary N) is 1. The minimum absolute atomic E-state index is 0.0273. The zero-order chi connectivity index (χ0) is 15.2. The van der Waals surface area contributed by atoms with Gasteiger partial charge in [0, 0.05) is 13.2 Å². The van der Waals surface area contributed by atoms with Crippen molar-refractivity contribution < 1.29 is 9.53 Å². The third kappa shape index (κ3) is 4.19. The Kier molecular flexibility index (Phi) is 5.59. The van der Waals surface area contributed by atoms with E-state index >= 15 is 0 Å². The molecule has 2 aromatic rings. The Bertz CT molecular complexity index is 584. The first kappa shape index (κ1) is 15.8. The van der Waals surface area contributed by atoms with Crippen LogP contribution in [0.5, 0.6) is 0 Å². The van der Waals surface area contributed by atoms with Crippen molar-refractivity contribution in [2.45, 2.75) is 18.1 Å². The number of thiophene rings is 1. The number of amides is 1. The molecule has 1 atom stereocenters. The molecular formula is C12H17N5O2S2. The second kappa shape index (κ2) is 7.43. The third-order valence-electron chi connectivity index (χ3n) is 2.56. The number of aromatic nitrogens is 3. The lowest BCUT2D eigenvalue weighted by molar-refractivity contribution is -0.119. The number of nitrogens with zero attached hydrogens (tertiary/aromatic N) is 3. The van der Waals surface area contributed by atoms with Gasteiger partial charge >= 0.3 is 0 Å². The van der Waals surface area contributed by atoms with Crippen LogP contribution >= 0.6 is 23.1 Å². The summed E-state index contributed by atoms with van der Waals surface area (Å²) in [4.78, 5) is 12.7. The van der Waals surface area contributed by atoms with Crippen molar-refractivity contribution in [3.8, 4) is 10.7 Å². The van der Waals surface area contributed by atoms with Crippen LogP contribution in [0.4, 0.5) is 0 Å². The fraction of sp³-hybridized carbons (Fsp3) is 0.417. The van der Waals surface area contributed by atoms with Gasteiger partial charge < -0.3 is 15.9 Å². The summed E-state index contributed by atoms with van der Waals surface area (Å²) < 4.78 is 6.37. The molecule has 3 N–H and O–H groups in total. The number of rotatable bonds is 7. The monoisotopic (exact) mass is 327 g/mol. The van der Waals surface area contributed by atoms with Gasteiger partial charge in [-0.15, -0.1) is 21.5 Å². The van der Waals surface area contributed by atoms with Gasteiger partial charge in [0.1, 0.15) is 0 Å². The van der Waals surface area contributed by atoms with E-state index in [1.807, 2.05) is 24.4 Å². The van der Waals surface area contributed by atoms with Crippen molar-refractivity contribution in [2.24, 2.45) is 0 Å². The summed E-state index contributed by atoms with van der Waals surface area (Å²) in [5.41, 5.74) is 0. The van der Waals surface area contributed by atoms with Gasteiger partial charge in [0.2, 0.25) is 11.1 Å². The smallest absolute Gasteiger partial charge is 0.230 e. The Morgan fingerprint density at radius 1 is 1.62 bits per heavy atom. The summed E-state index contributed by atoms with van der Waals surface area (Å²) in [6.45, 7) is 2.36. The van der Waals surface area contributed by atoms with Crippen LogP contribution in [0.2, 0.25) is 0 Å². The van der Waals surface area contributed by atoms with Gasteiger partial charge in [-0.2, -0.15) is 0 Å². The van der Waals surface area contributed by atoms with E-state index in [-0.39, 0.29) is 17.7 Å². The molecule has 0 radical (unpaired) electrons. The topological polar surface area (TPSA) is 95.1 Å². The lowest BCUT2D eigenvalue weighted by Gasteiger charge is -2.12.